The monoisotopic (exact) mass is 345 g/mol. The van der Waals surface area contributed by atoms with Crippen LogP contribution in [-0.2, 0) is 6.54 Å². The number of aromatic nitrogens is 4. The summed E-state index contributed by atoms with van der Waals surface area (Å²) >= 11 is 5.88. The lowest BCUT2D eigenvalue weighted by Crippen LogP contribution is -2.26. The summed E-state index contributed by atoms with van der Waals surface area (Å²) < 4.78 is 15.3. The maximum atomic E-state index is 13.8. The smallest absolute Gasteiger partial charge is 0.256 e. The Morgan fingerprint density at radius 2 is 2.00 bits per heavy atom. The van der Waals surface area contributed by atoms with Gasteiger partial charge in [-0.25, -0.2) is 4.39 Å². The number of hydrogen-bond donors (Lipinski definition) is 1. The van der Waals surface area contributed by atoms with E-state index < -0.39 is 11.7 Å². The summed E-state index contributed by atoms with van der Waals surface area (Å²) in [6.07, 6.45) is 0. The van der Waals surface area contributed by atoms with Crippen LogP contribution in [0, 0.1) is 12.7 Å². The van der Waals surface area contributed by atoms with Crippen LogP contribution >= 0.6 is 11.6 Å². The summed E-state index contributed by atoms with van der Waals surface area (Å²) in [6, 6.07) is 11.7. The molecule has 0 radical (unpaired) electrons. The predicted octanol–water partition coefficient (Wildman–Crippen LogP) is 2.69. The molecule has 0 saturated carbocycles. The number of amides is 1. The molecule has 0 unspecified atom stereocenters. The highest BCUT2D eigenvalue weighted by molar-refractivity contribution is 6.33. The first kappa shape index (κ1) is 16.1. The van der Waals surface area contributed by atoms with Crippen LogP contribution in [0.3, 0.4) is 0 Å². The van der Waals surface area contributed by atoms with Gasteiger partial charge in [-0.15, -0.1) is 5.10 Å². The van der Waals surface area contributed by atoms with E-state index >= 15 is 0 Å². The zero-order valence-electron chi connectivity index (χ0n) is 12.7. The molecule has 24 heavy (non-hydrogen) atoms. The average molecular weight is 346 g/mol. The minimum Gasteiger partial charge on any atom is -0.345 e. The number of hydrogen-bond acceptors (Lipinski definition) is 4. The number of halogens is 2. The lowest BCUT2D eigenvalue weighted by Gasteiger charge is -2.08. The minimum atomic E-state index is -0.682. The normalized spacial score (nSPS) is 10.6. The molecule has 0 fully saturated rings. The highest BCUT2D eigenvalue weighted by Crippen LogP contribution is 2.18. The van der Waals surface area contributed by atoms with Crippen LogP contribution in [0.15, 0.2) is 42.5 Å². The van der Waals surface area contributed by atoms with Crippen molar-refractivity contribution in [1.82, 2.24) is 25.5 Å². The first-order valence-corrected chi connectivity index (χ1v) is 7.50. The summed E-state index contributed by atoms with van der Waals surface area (Å²) in [7, 11) is 0. The largest absolute Gasteiger partial charge is 0.345 e. The molecule has 122 valence electrons. The average Bonchev–Trinajstić information content (AvgIpc) is 3.02. The summed E-state index contributed by atoms with van der Waals surface area (Å²) in [5, 5.41) is 14.0. The van der Waals surface area contributed by atoms with E-state index in [1.807, 2.05) is 31.2 Å². The molecule has 3 rings (SSSR count). The van der Waals surface area contributed by atoms with Crippen molar-refractivity contribution in [1.29, 1.82) is 0 Å². The quantitative estimate of drug-likeness (QED) is 0.789. The standard InChI is InChI=1S/C16H13ClFN5O/c1-10-5-7-11(8-6-10)23-14(20-21-22-23)9-19-16(24)15-12(17)3-2-4-13(15)18/h2-8H,9H2,1H3,(H,19,24). The van der Waals surface area contributed by atoms with Gasteiger partial charge in [0.25, 0.3) is 5.91 Å². The fourth-order valence-corrected chi connectivity index (χ4v) is 2.41. The molecule has 3 aromatic rings. The number of nitrogens with zero attached hydrogens (tertiary/aromatic N) is 4. The fourth-order valence-electron chi connectivity index (χ4n) is 2.16. The maximum absolute atomic E-state index is 13.8. The molecule has 8 heteroatoms. The van der Waals surface area contributed by atoms with Crippen LogP contribution in [0.5, 0.6) is 0 Å². The van der Waals surface area contributed by atoms with Crippen LogP contribution in [0.25, 0.3) is 5.69 Å². The SMILES string of the molecule is Cc1ccc(-n2nnnc2CNC(=O)c2c(F)cccc2Cl)cc1. The number of carbonyl (C=O) groups excluding carboxylic acids is 1. The molecule has 1 N–H and O–H groups in total. The molecular weight excluding hydrogens is 333 g/mol. The first-order valence-electron chi connectivity index (χ1n) is 7.13. The van der Waals surface area contributed by atoms with Crippen LogP contribution < -0.4 is 5.32 Å². The zero-order valence-corrected chi connectivity index (χ0v) is 13.5. The summed E-state index contributed by atoms with van der Waals surface area (Å²) in [4.78, 5) is 12.2. The third-order valence-electron chi connectivity index (χ3n) is 3.41. The van der Waals surface area contributed by atoms with Crippen molar-refractivity contribution in [3.63, 3.8) is 0 Å². The summed E-state index contributed by atoms with van der Waals surface area (Å²) in [5.74, 6) is -0.894. The van der Waals surface area contributed by atoms with Gasteiger partial charge in [0.05, 0.1) is 22.8 Å². The number of tetrazole rings is 1. The van der Waals surface area contributed by atoms with Gasteiger partial charge in [0.2, 0.25) is 0 Å². The first-order chi connectivity index (χ1) is 11.6. The number of benzene rings is 2. The van der Waals surface area contributed by atoms with Crippen LogP contribution in [0.4, 0.5) is 4.39 Å². The second-order valence-corrected chi connectivity index (χ2v) is 5.53. The van der Waals surface area contributed by atoms with Crippen molar-refractivity contribution in [3.8, 4) is 5.69 Å². The molecule has 6 nitrogen and oxygen atoms in total. The van der Waals surface area contributed by atoms with Gasteiger partial charge < -0.3 is 5.32 Å². The lowest BCUT2D eigenvalue weighted by molar-refractivity contribution is 0.0945. The van der Waals surface area contributed by atoms with Gasteiger partial charge >= 0.3 is 0 Å². The van der Waals surface area contributed by atoms with Gasteiger partial charge in [-0.3, -0.25) is 4.79 Å². The Morgan fingerprint density at radius 1 is 1.25 bits per heavy atom. The molecule has 1 heterocycles. The number of nitrogens with one attached hydrogen (secondary N) is 1. The molecule has 0 aliphatic rings. The van der Waals surface area contributed by atoms with Gasteiger partial charge in [0, 0.05) is 0 Å². The molecule has 0 spiro atoms. The summed E-state index contributed by atoms with van der Waals surface area (Å²) in [5.41, 5.74) is 1.67. The Kier molecular flexibility index (Phi) is 4.52. The Balaban J connectivity index is 1.77. The number of aryl methyl sites for hydroxylation is 1. The second-order valence-electron chi connectivity index (χ2n) is 5.12. The minimum absolute atomic E-state index is 0.0321. The van der Waals surface area contributed by atoms with Crippen molar-refractivity contribution in [2.45, 2.75) is 13.5 Å². The van der Waals surface area contributed by atoms with E-state index in [-0.39, 0.29) is 17.1 Å². The van der Waals surface area contributed by atoms with Gasteiger partial charge in [-0.2, -0.15) is 4.68 Å². The molecule has 0 aliphatic heterocycles. The molecular formula is C16H13ClFN5O. The lowest BCUT2D eigenvalue weighted by atomic mass is 10.2. The third-order valence-corrected chi connectivity index (χ3v) is 3.72. The van der Waals surface area contributed by atoms with E-state index in [2.05, 4.69) is 20.8 Å². The predicted molar refractivity (Wildman–Crippen MR) is 86.5 cm³/mol. The molecule has 0 saturated heterocycles. The van der Waals surface area contributed by atoms with Crippen molar-refractivity contribution in [2.24, 2.45) is 0 Å². The molecule has 1 aromatic heterocycles. The fraction of sp³-hybridized carbons (Fsp3) is 0.125. The van der Waals surface area contributed by atoms with E-state index in [4.69, 9.17) is 11.6 Å². The number of carbonyl (C=O) groups is 1. The highest BCUT2D eigenvalue weighted by Gasteiger charge is 2.17. The van der Waals surface area contributed by atoms with Gasteiger partial charge in [-0.1, -0.05) is 35.4 Å². The Hall–Kier alpha value is -2.80. The highest BCUT2D eigenvalue weighted by atomic mass is 35.5. The molecule has 0 bridgehead atoms. The third kappa shape index (κ3) is 3.26. The Bertz CT molecular complexity index is 858. The van der Waals surface area contributed by atoms with Gasteiger partial charge in [0.1, 0.15) is 5.82 Å². The molecule has 1 amide bonds. The van der Waals surface area contributed by atoms with Crippen molar-refractivity contribution < 1.29 is 9.18 Å². The summed E-state index contributed by atoms with van der Waals surface area (Å²) in [6.45, 7) is 2.01. The maximum Gasteiger partial charge on any atom is 0.256 e. The molecule has 0 aliphatic carbocycles. The van der Waals surface area contributed by atoms with E-state index in [1.54, 1.807) is 0 Å². The van der Waals surface area contributed by atoms with E-state index in [1.165, 1.54) is 22.9 Å². The Labute approximate surface area is 142 Å². The van der Waals surface area contributed by atoms with E-state index in [0.29, 0.717) is 5.82 Å². The van der Waals surface area contributed by atoms with Gasteiger partial charge in [0.15, 0.2) is 5.82 Å². The van der Waals surface area contributed by atoms with Crippen LogP contribution in [0.1, 0.15) is 21.7 Å². The van der Waals surface area contributed by atoms with E-state index in [9.17, 15) is 9.18 Å². The van der Waals surface area contributed by atoms with Crippen molar-refractivity contribution in [3.05, 3.63) is 70.3 Å². The van der Waals surface area contributed by atoms with Crippen molar-refractivity contribution in [2.75, 3.05) is 0 Å². The molecule has 2 aromatic carbocycles. The number of rotatable bonds is 4. The van der Waals surface area contributed by atoms with Gasteiger partial charge in [-0.05, 0) is 41.6 Å². The Morgan fingerprint density at radius 3 is 2.71 bits per heavy atom. The van der Waals surface area contributed by atoms with Crippen molar-refractivity contribution >= 4 is 17.5 Å². The molecule has 0 atom stereocenters. The topological polar surface area (TPSA) is 72.7 Å². The van der Waals surface area contributed by atoms with Crippen LogP contribution in [-0.4, -0.2) is 26.1 Å². The van der Waals surface area contributed by atoms with E-state index in [0.717, 1.165) is 11.3 Å². The van der Waals surface area contributed by atoms with Crippen LogP contribution in [0.2, 0.25) is 5.02 Å². The zero-order chi connectivity index (χ0) is 17.1. The second kappa shape index (κ2) is 6.76.